The second-order valence-corrected chi connectivity index (χ2v) is 6.27. The van der Waals surface area contributed by atoms with E-state index in [0.717, 1.165) is 19.3 Å². The zero-order valence-electron chi connectivity index (χ0n) is 13.6. The molecular formula is C17H38N2. The van der Waals surface area contributed by atoms with E-state index in [0.29, 0.717) is 0 Å². The third-order valence-corrected chi connectivity index (χ3v) is 3.99. The molecule has 2 nitrogen and oxygen atoms in total. The first-order chi connectivity index (χ1) is 9.12. The lowest BCUT2D eigenvalue weighted by Crippen LogP contribution is -2.49. The van der Waals surface area contributed by atoms with E-state index in [-0.39, 0.29) is 0 Å². The van der Waals surface area contributed by atoms with Crippen molar-refractivity contribution in [3.8, 4) is 0 Å². The molecule has 0 amide bonds. The molecule has 0 aliphatic heterocycles. The molecule has 0 fully saturated rings. The van der Waals surface area contributed by atoms with Crippen LogP contribution in [-0.2, 0) is 0 Å². The average molecular weight is 271 g/mol. The highest BCUT2D eigenvalue weighted by molar-refractivity contribution is 4.76. The van der Waals surface area contributed by atoms with E-state index < -0.39 is 5.66 Å². The van der Waals surface area contributed by atoms with Crippen molar-refractivity contribution in [2.75, 3.05) is 0 Å². The third-order valence-electron chi connectivity index (χ3n) is 3.99. The summed E-state index contributed by atoms with van der Waals surface area (Å²) in [6, 6.07) is 0. The van der Waals surface area contributed by atoms with Crippen LogP contribution in [0.4, 0.5) is 0 Å². The number of rotatable bonds is 14. The van der Waals surface area contributed by atoms with E-state index in [1.54, 1.807) is 0 Å². The van der Waals surface area contributed by atoms with Crippen LogP contribution in [-0.4, -0.2) is 5.66 Å². The third kappa shape index (κ3) is 14.1. The molecule has 0 saturated carbocycles. The van der Waals surface area contributed by atoms with Crippen molar-refractivity contribution in [2.45, 2.75) is 109 Å². The smallest absolute Gasteiger partial charge is 0.0636 e. The first kappa shape index (κ1) is 18.9. The minimum atomic E-state index is -0.407. The maximum atomic E-state index is 6.09. The molecule has 116 valence electrons. The van der Waals surface area contributed by atoms with Crippen molar-refractivity contribution in [3.05, 3.63) is 0 Å². The molecule has 19 heavy (non-hydrogen) atoms. The second kappa shape index (κ2) is 12.9. The minimum Gasteiger partial charge on any atom is -0.313 e. The molecule has 0 spiro atoms. The van der Waals surface area contributed by atoms with Crippen LogP contribution in [0.1, 0.15) is 104 Å². The van der Waals surface area contributed by atoms with Crippen LogP contribution in [0.2, 0.25) is 0 Å². The van der Waals surface area contributed by atoms with Gasteiger partial charge in [0.1, 0.15) is 0 Å². The largest absolute Gasteiger partial charge is 0.313 e. The average Bonchev–Trinajstić information content (AvgIpc) is 2.38. The molecule has 0 aliphatic carbocycles. The Morgan fingerprint density at radius 3 is 1.37 bits per heavy atom. The fraction of sp³-hybridized carbons (Fsp3) is 1.00. The summed E-state index contributed by atoms with van der Waals surface area (Å²) < 4.78 is 0. The van der Waals surface area contributed by atoms with Crippen molar-refractivity contribution in [2.24, 2.45) is 11.5 Å². The molecule has 0 aromatic carbocycles. The fourth-order valence-electron chi connectivity index (χ4n) is 2.57. The molecule has 0 heterocycles. The van der Waals surface area contributed by atoms with Gasteiger partial charge in [-0.2, -0.15) is 0 Å². The Bertz CT molecular complexity index is 178. The lowest BCUT2D eigenvalue weighted by atomic mass is 9.97. The molecule has 0 radical (unpaired) electrons. The zero-order valence-corrected chi connectivity index (χ0v) is 13.6. The molecule has 0 rings (SSSR count). The maximum Gasteiger partial charge on any atom is 0.0636 e. The van der Waals surface area contributed by atoms with Crippen LogP contribution in [0.5, 0.6) is 0 Å². The molecule has 2 heteroatoms. The number of nitrogens with two attached hydrogens (primary N) is 2. The monoisotopic (exact) mass is 270 g/mol. The Hall–Kier alpha value is -0.0800. The Morgan fingerprint density at radius 1 is 0.526 bits per heavy atom. The van der Waals surface area contributed by atoms with Crippen molar-refractivity contribution >= 4 is 0 Å². The number of hydrogen-bond donors (Lipinski definition) is 2. The zero-order chi connectivity index (χ0) is 14.4. The molecule has 0 aliphatic rings. The van der Waals surface area contributed by atoms with Gasteiger partial charge in [-0.25, -0.2) is 0 Å². The van der Waals surface area contributed by atoms with Gasteiger partial charge >= 0.3 is 0 Å². The summed E-state index contributed by atoms with van der Waals surface area (Å²) in [6.07, 6.45) is 18.0. The van der Waals surface area contributed by atoms with E-state index in [2.05, 4.69) is 13.8 Å². The molecule has 0 bridgehead atoms. The highest BCUT2D eigenvalue weighted by Gasteiger charge is 2.16. The first-order valence-electron chi connectivity index (χ1n) is 8.70. The van der Waals surface area contributed by atoms with Crippen LogP contribution >= 0.6 is 0 Å². The van der Waals surface area contributed by atoms with E-state index in [4.69, 9.17) is 11.5 Å². The number of hydrogen-bond acceptors (Lipinski definition) is 2. The summed E-state index contributed by atoms with van der Waals surface area (Å²) in [5.74, 6) is 0. The predicted molar refractivity (Wildman–Crippen MR) is 87.1 cm³/mol. The molecule has 4 N–H and O–H groups in total. The minimum absolute atomic E-state index is 0.407. The van der Waals surface area contributed by atoms with E-state index in [1.807, 2.05) is 0 Å². The Kier molecular flexibility index (Phi) is 12.9. The van der Waals surface area contributed by atoms with Gasteiger partial charge in [-0.15, -0.1) is 0 Å². The van der Waals surface area contributed by atoms with Gasteiger partial charge in [0.25, 0.3) is 0 Å². The van der Waals surface area contributed by atoms with Gasteiger partial charge in [0.2, 0.25) is 0 Å². The topological polar surface area (TPSA) is 52.0 Å². The van der Waals surface area contributed by atoms with Gasteiger partial charge in [0.05, 0.1) is 5.66 Å². The molecule has 0 unspecified atom stereocenters. The number of unbranched alkanes of at least 4 members (excludes halogenated alkanes) is 10. The highest BCUT2D eigenvalue weighted by Crippen LogP contribution is 2.16. The molecule has 0 atom stereocenters. The second-order valence-electron chi connectivity index (χ2n) is 6.27. The summed E-state index contributed by atoms with van der Waals surface area (Å²) in [5, 5.41) is 0. The normalized spacial score (nSPS) is 12.0. The standard InChI is InChI=1S/C17H38N2/c1-3-5-7-8-9-10-11-12-13-14-16-17(18,19)15-6-4-2/h3-16,18-19H2,1-2H3. The summed E-state index contributed by atoms with van der Waals surface area (Å²) in [4.78, 5) is 0. The van der Waals surface area contributed by atoms with Crippen LogP contribution in [0, 0.1) is 0 Å². The van der Waals surface area contributed by atoms with Gasteiger partial charge in [0, 0.05) is 0 Å². The van der Waals surface area contributed by atoms with Crippen LogP contribution in [0.15, 0.2) is 0 Å². The molecular weight excluding hydrogens is 232 g/mol. The summed E-state index contributed by atoms with van der Waals surface area (Å²) in [7, 11) is 0. The van der Waals surface area contributed by atoms with Crippen LogP contribution in [0.3, 0.4) is 0 Å². The van der Waals surface area contributed by atoms with Gasteiger partial charge in [-0.05, 0) is 12.8 Å². The predicted octanol–water partition coefficient (Wildman–Crippen LogP) is 5.10. The van der Waals surface area contributed by atoms with Crippen LogP contribution in [0.25, 0.3) is 0 Å². The fourth-order valence-corrected chi connectivity index (χ4v) is 2.57. The summed E-state index contributed by atoms with van der Waals surface area (Å²) in [6.45, 7) is 4.46. The Morgan fingerprint density at radius 2 is 0.895 bits per heavy atom. The van der Waals surface area contributed by atoms with Crippen molar-refractivity contribution in [3.63, 3.8) is 0 Å². The van der Waals surface area contributed by atoms with Gasteiger partial charge in [-0.3, -0.25) is 0 Å². The van der Waals surface area contributed by atoms with E-state index in [9.17, 15) is 0 Å². The highest BCUT2D eigenvalue weighted by atomic mass is 14.9. The van der Waals surface area contributed by atoms with Crippen molar-refractivity contribution in [1.29, 1.82) is 0 Å². The lowest BCUT2D eigenvalue weighted by Gasteiger charge is -2.24. The van der Waals surface area contributed by atoms with Gasteiger partial charge < -0.3 is 11.5 Å². The van der Waals surface area contributed by atoms with Gasteiger partial charge in [0.15, 0.2) is 0 Å². The van der Waals surface area contributed by atoms with E-state index >= 15 is 0 Å². The van der Waals surface area contributed by atoms with Crippen molar-refractivity contribution < 1.29 is 0 Å². The molecule has 0 aromatic heterocycles. The maximum absolute atomic E-state index is 6.09. The lowest BCUT2D eigenvalue weighted by molar-refractivity contribution is 0.350. The quantitative estimate of drug-likeness (QED) is 0.341. The van der Waals surface area contributed by atoms with Crippen LogP contribution < -0.4 is 11.5 Å². The molecule has 0 saturated heterocycles. The summed E-state index contributed by atoms with van der Waals surface area (Å²) >= 11 is 0. The molecule has 0 aromatic rings. The SMILES string of the molecule is CCCCCCCCCCCCC(N)(N)CCCC. The van der Waals surface area contributed by atoms with Crippen molar-refractivity contribution in [1.82, 2.24) is 0 Å². The Labute approximate surface area is 121 Å². The van der Waals surface area contributed by atoms with Gasteiger partial charge in [-0.1, -0.05) is 90.9 Å². The summed E-state index contributed by atoms with van der Waals surface area (Å²) in [5.41, 5.74) is 11.8. The first-order valence-corrected chi connectivity index (χ1v) is 8.70. The van der Waals surface area contributed by atoms with E-state index in [1.165, 1.54) is 70.6 Å². The Balaban J connectivity index is 3.21.